The molecule has 0 radical (unpaired) electrons. The summed E-state index contributed by atoms with van der Waals surface area (Å²) in [5.74, 6) is 0.360. The van der Waals surface area contributed by atoms with Gasteiger partial charge in [0.25, 0.3) is 11.5 Å². The zero-order valence-electron chi connectivity index (χ0n) is 14.1. The van der Waals surface area contributed by atoms with Crippen LogP contribution in [0, 0.1) is 0 Å². The molecule has 0 saturated carbocycles. The normalized spacial score (nSPS) is 10.8. The van der Waals surface area contributed by atoms with Crippen molar-refractivity contribution in [1.29, 1.82) is 0 Å². The molecule has 5 nitrogen and oxygen atoms in total. The lowest BCUT2D eigenvalue weighted by Gasteiger charge is -2.06. The number of thiophene rings is 1. The second-order valence-corrected chi connectivity index (χ2v) is 7.77. The lowest BCUT2D eigenvalue weighted by Crippen LogP contribution is -2.14. The first-order valence-electron chi connectivity index (χ1n) is 8.25. The predicted octanol–water partition coefficient (Wildman–Crippen LogP) is 4.53. The molecule has 2 N–H and O–H groups in total. The molecule has 2 heterocycles. The van der Waals surface area contributed by atoms with E-state index in [0.717, 1.165) is 21.6 Å². The van der Waals surface area contributed by atoms with Crippen LogP contribution in [0.15, 0.2) is 75.7 Å². The Morgan fingerprint density at radius 2 is 1.89 bits per heavy atom. The molecule has 4 rings (SSSR count). The number of para-hydroxylation sites is 2. The van der Waals surface area contributed by atoms with Gasteiger partial charge in [-0.2, -0.15) is 0 Å². The third-order valence-corrected chi connectivity index (χ3v) is 5.79. The smallest absolute Gasteiger partial charge is 0.271 e. The van der Waals surface area contributed by atoms with Gasteiger partial charge in [-0.05, 0) is 47.8 Å². The summed E-state index contributed by atoms with van der Waals surface area (Å²) in [5, 5.41) is 4.74. The van der Waals surface area contributed by atoms with Crippen LogP contribution >= 0.6 is 23.1 Å². The summed E-state index contributed by atoms with van der Waals surface area (Å²) >= 11 is 2.93. The van der Waals surface area contributed by atoms with Gasteiger partial charge in [-0.25, -0.2) is 4.98 Å². The molecule has 2 aromatic heterocycles. The number of amides is 1. The van der Waals surface area contributed by atoms with Crippen molar-refractivity contribution in [3.8, 4) is 0 Å². The molecule has 4 aromatic rings. The average Bonchev–Trinajstić information content (AvgIpc) is 3.22. The van der Waals surface area contributed by atoms with Crippen molar-refractivity contribution in [2.75, 3.05) is 5.32 Å². The minimum Gasteiger partial charge on any atom is -0.321 e. The Hall–Kier alpha value is -2.90. The van der Waals surface area contributed by atoms with Crippen molar-refractivity contribution >= 4 is 45.7 Å². The minimum absolute atomic E-state index is 0.114. The van der Waals surface area contributed by atoms with E-state index in [1.807, 2.05) is 60.0 Å². The fourth-order valence-corrected chi connectivity index (χ4v) is 4.00. The molecule has 0 bridgehead atoms. The zero-order chi connectivity index (χ0) is 18.6. The van der Waals surface area contributed by atoms with Crippen LogP contribution < -0.4 is 10.9 Å². The van der Waals surface area contributed by atoms with Crippen molar-refractivity contribution in [2.45, 2.75) is 10.6 Å². The number of hydrogen-bond donors (Lipinski definition) is 2. The van der Waals surface area contributed by atoms with Crippen molar-refractivity contribution in [3.05, 3.63) is 87.0 Å². The van der Waals surface area contributed by atoms with E-state index >= 15 is 0 Å². The minimum atomic E-state index is -0.166. The lowest BCUT2D eigenvalue weighted by atomic mass is 10.3. The van der Waals surface area contributed by atoms with Crippen LogP contribution in [-0.4, -0.2) is 15.9 Å². The Kier molecular flexibility index (Phi) is 5.04. The monoisotopic (exact) mass is 393 g/mol. The number of nitrogens with one attached hydrogen (secondary N) is 2. The van der Waals surface area contributed by atoms with Crippen molar-refractivity contribution in [1.82, 2.24) is 9.97 Å². The highest BCUT2D eigenvalue weighted by atomic mass is 32.2. The third-order valence-electron chi connectivity index (χ3n) is 3.90. The first-order valence-corrected chi connectivity index (χ1v) is 10.1. The molecule has 1 amide bonds. The van der Waals surface area contributed by atoms with Crippen LogP contribution in [0.25, 0.3) is 11.0 Å². The van der Waals surface area contributed by atoms with E-state index in [-0.39, 0.29) is 11.5 Å². The highest BCUT2D eigenvalue weighted by Gasteiger charge is 2.08. The molecule has 0 unspecified atom stereocenters. The summed E-state index contributed by atoms with van der Waals surface area (Å²) in [6, 6.07) is 18.7. The summed E-state index contributed by atoms with van der Waals surface area (Å²) in [6.07, 6.45) is 0. The Labute approximate surface area is 163 Å². The Morgan fingerprint density at radius 1 is 1.07 bits per heavy atom. The fourth-order valence-electron chi connectivity index (χ4n) is 2.55. The molecular weight excluding hydrogens is 378 g/mol. The molecule has 27 heavy (non-hydrogen) atoms. The maximum atomic E-state index is 12.2. The van der Waals surface area contributed by atoms with Gasteiger partial charge in [0.15, 0.2) is 0 Å². The fraction of sp³-hybridized carbons (Fsp3) is 0.0500. The van der Waals surface area contributed by atoms with Crippen molar-refractivity contribution < 1.29 is 4.79 Å². The number of fused-ring (bicyclic) bond motifs is 1. The maximum absolute atomic E-state index is 12.2. The molecule has 7 heteroatoms. The molecule has 0 aliphatic heterocycles. The number of carbonyl (C=O) groups excluding carboxylic acids is 1. The largest absolute Gasteiger partial charge is 0.321 e. The van der Waals surface area contributed by atoms with E-state index in [4.69, 9.17) is 0 Å². The SMILES string of the molecule is O=C(Nc1ccc(SCc2nc3ccccc3[nH]c2=O)cc1)c1cccs1. The summed E-state index contributed by atoms with van der Waals surface area (Å²) in [5.41, 5.74) is 2.58. The Morgan fingerprint density at radius 3 is 2.67 bits per heavy atom. The van der Waals surface area contributed by atoms with Gasteiger partial charge in [0.2, 0.25) is 0 Å². The molecule has 0 saturated heterocycles. The second-order valence-electron chi connectivity index (χ2n) is 5.77. The third kappa shape index (κ3) is 4.10. The van der Waals surface area contributed by atoms with Crippen molar-refractivity contribution in [3.63, 3.8) is 0 Å². The number of carbonyl (C=O) groups is 1. The zero-order valence-corrected chi connectivity index (χ0v) is 15.8. The summed E-state index contributed by atoms with van der Waals surface area (Å²) in [4.78, 5) is 33.2. The van der Waals surface area contributed by atoms with Crippen molar-refractivity contribution in [2.24, 2.45) is 0 Å². The van der Waals surface area contributed by atoms with Gasteiger partial charge in [0.05, 0.1) is 15.9 Å². The Balaban J connectivity index is 1.42. The van der Waals surface area contributed by atoms with Gasteiger partial charge < -0.3 is 10.3 Å². The van der Waals surface area contributed by atoms with Gasteiger partial charge in [-0.3, -0.25) is 9.59 Å². The number of benzene rings is 2. The summed E-state index contributed by atoms with van der Waals surface area (Å²) in [7, 11) is 0. The first-order chi connectivity index (χ1) is 13.2. The topological polar surface area (TPSA) is 74.8 Å². The van der Waals surface area contributed by atoms with Crippen LogP contribution in [0.1, 0.15) is 15.4 Å². The maximum Gasteiger partial charge on any atom is 0.271 e. The highest BCUT2D eigenvalue weighted by Crippen LogP contribution is 2.23. The summed E-state index contributed by atoms with van der Waals surface area (Å²) < 4.78 is 0. The lowest BCUT2D eigenvalue weighted by molar-refractivity contribution is 0.103. The predicted molar refractivity (Wildman–Crippen MR) is 111 cm³/mol. The van der Waals surface area contributed by atoms with E-state index in [1.165, 1.54) is 23.1 Å². The standard InChI is InChI=1S/C20H15N3O2S2/c24-19-17(22-15-4-1-2-5-16(15)23-19)12-27-14-9-7-13(8-10-14)21-20(25)18-6-3-11-26-18/h1-11H,12H2,(H,21,25)(H,23,24). The molecule has 2 aromatic carbocycles. The van der Waals surface area contributed by atoms with Crippen LogP contribution in [0.2, 0.25) is 0 Å². The molecule has 0 atom stereocenters. The highest BCUT2D eigenvalue weighted by molar-refractivity contribution is 7.98. The average molecular weight is 393 g/mol. The quantitative estimate of drug-likeness (QED) is 0.489. The van der Waals surface area contributed by atoms with Gasteiger partial charge in [-0.15, -0.1) is 23.1 Å². The number of aromatic nitrogens is 2. The van der Waals surface area contributed by atoms with Gasteiger partial charge in [0, 0.05) is 16.3 Å². The molecule has 0 aliphatic rings. The molecule has 134 valence electrons. The Bertz CT molecular complexity index is 1140. The van der Waals surface area contributed by atoms with E-state index < -0.39 is 0 Å². The van der Waals surface area contributed by atoms with Crippen LogP contribution in [0.4, 0.5) is 5.69 Å². The molecular formula is C20H15N3O2S2. The summed E-state index contributed by atoms with van der Waals surface area (Å²) in [6.45, 7) is 0. The van der Waals surface area contributed by atoms with E-state index in [0.29, 0.717) is 16.3 Å². The van der Waals surface area contributed by atoms with E-state index in [1.54, 1.807) is 6.07 Å². The number of nitrogens with zero attached hydrogens (tertiary/aromatic N) is 1. The molecule has 0 spiro atoms. The van der Waals surface area contributed by atoms with E-state index in [9.17, 15) is 9.59 Å². The number of rotatable bonds is 5. The number of anilines is 1. The number of thioether (sulfide) groups is 1. The second kappa shape index (κ2) is 7.77. The number of hydrogen-bond acceptors (Lipinski definition) is 5. The molecule has 0 fully saturated rings. The van der Waals surface area contributed by atoms with Crippen LogP contribution in [0.3, 0.4) is 0 Å². The van der Waals surface area contributed by atoms with Gasteiger partial charge in [-0.1, -0.05) is 18.2 Å². The van der Waals surface area contributed by atoms with E-state index in [2.05, 4.69) is 15.3 Å². The van der Waals surface area contributed by atoms with Crippen LogP contribution in [-0.2, 0) is 5.75 Å². The number of H-pyrrole nitrogens is 1. The van der Waals surface area contributed by atoms with Crippen LogP contribution in [0.5, 0.6) is 0 Å². The first kappa shape index (κ1) is 17.5. The van der Waals surface area contributed by atoms with Gasteiger partial charge in [0.1, 0.15) is 5.69 Å². The number of aromatic amines is 1. The molecule has 0 aliphatic carbocycles. The van der Waals surface area contributed by atoms with Gasteiger partial charge >= 0.3 is 0 Å².